The van der Waals surface area contributed by atoms with Crippen molar-refractivity contribution < 1.29 is 17.6 Å². The number of amides is 1. The van der Waals surface area contributed by atoms with Crippen LogP contribution in [0.25, 0.3) is 0 Å². The van der Waals surface area contributed by atoms with Gasteiger partial charge in [-0.3, -0.25) is 10.2 Å². The van der Waals surface area contributed by atoms with Crippen molar-refractivity contribution in [3.63, 3.8) is 0 Å². The van der Waals surface area contributed by atoms with Gasteiger partial charge in [-0.1, -0.05) is 0 Å². The third-order valence-corrected chi connectivity index (χ3v) is 3.12. The summed E-state index contributed by atoms with van der Waals surface area (Å²) in [6, 6.07) is 4.21. The second-order valence-electron chi connectivity index (χ2n) is 2.85. The number of halogens is 1. The molecule has 0 saturated heterocycles. The number of nitrogens with one attached hydrogen (secondary N) is 2. The van der Waals surface area contributed by atoms with Crippen molar-refractivity contribution in [3.05, 3.63) is 30.1 Å². The Morgan fingerprint density at radius 2 is 1.88 bits per heavy atom. The molecular weight excluding hydrogens is 237 g/mol. The average molecular weight is 247 g/mol. The van der Waals surface area contributed by atoms with E-state index in [4.69, 9.17) is 5.84 Å². The minimum atomic E-state index is -3.82. The molecule has 0 heterocycles. The van der Waals surface area contributed by atoms with Crippen LogP contribution in [0.15, 0.2) is 29.2 Å². The average Bonchev–Trinajstić information content (AvgIpc) is 2.26. The van der Waals surface area contributed by atoms with Crippen molar-refractivity contribution >= 4 is 15.9 Å². The van der Waals surface area contributed by atoms with Crippen molar-refractivity contribution in [1.82, 2.24) is 10.1 Å². The first-order valence-corrected chi connectivity index (χ1v) is 5.69. The highest BCUT2D eigenvalue weighted by molar-refractivity contribution is 7.89. The van der Waals surface area contributed by atoms with Crippen molar-refractivity contribution in [3.8, 4) is 0 Å². The molecule has 0 aliphatic rings. The molecule has 0 bridgehead atoms. The van der Waals surface area contributed by atoms with Crippen LogP contribution in [0.5, 0.6) is 0 Å². The first kappa shape index (κ1) is 12.6. The topological polar surface area (TPSA) is 101 Å². The van der Waals surface area contributed by atoms with E-state index >= 15 is 0 Å². The highest BCUT2D eigenvalue weighted by Gasteiger charge is 2.14. The van der Waals surface area contributed by atoms with E-state index in [1.807, 2.05) is 4.72 Å². The second-order valence-corrected chi connectivity index (χ2v) is 4.61. The maximum atomic E-state index is 12.5. The quantitative estimate of drug-likeness (QED) is 0.364. The molecule has 0 aliphatic carbocycles. The largest absolute Gasteiger partial charge is 0.293 e. The Morgan fingerprint density at radius 1 is 1.31 bits per heavy atom. The van der Waals surface area contributed by atoms with Gasteiger partial charge in [-0.15, -0.1) is 0 Å². The molecule has 1 aromatic carbocycles. The molecule has 0 unspecified atom stereocenters. The number of carbonyl (C=O) groups excluding carboxylic acids is 1. The van der Waals surface area contributed by atoms with E-state index in [9.17, 15) is 17.6 Å². The van der Waals surface area contributed by atoms with Gasteiger partial charge < -0.3 is 0 Å². The monoisotopic (exact) mass is 247 g/mol. The van der Waals surface area contributed by atoms with Gasteiger partial charge in [0.05, 0.1) is 11.4 Å². The lowest BCUT2D eigenvalue weighted by molar-refractivity contribution is -0.120. The molecule has 0 saturated carbocycles. The van der Waals surface area contributed by atoms with Crippen molar-refractivity contribution in [1.29, 1.82) is 0 Å². The molecule has 1 rings (SSSR count). The summed E-state index contributed by atoms with van der Waals surface area (Å²) in [4.78, 5) is 10.6. The molecule has 0 fully saturated rings. The van der Waals surface area contributed by atoms with Gasteiger partial charge in [0.25, 0.3) is 0 Å². The molecule has 4 N–H and O–H groups in total. The lowest BCUT2D eigenvalue weighted by atomic mass is 10.4. The fourth-order valence-corrected chi connectivity index (χ4v) is 1.89. The van der Waals surface area contributed by atoms with Crippen molar-refractivity contribution in [2.75, 3.05) is 6.54 Å². The molecule has 0 aromatic heterocycles. The Hall–Kier alpha value is -1.51. The second kappa shape index (κ2) is 5.01. The van der Waals surface area contributed by atoms with Gasteiger partial charge >= 0.3 is 0 Å². The van der Waals surface area contributed by atoms with E-state index in [1.54, 1.807) is 5.43 Å². The van der Waals surface area contributed by atoms with Gasteiger partial charge in [-0.05, 0) is 24.3 Å². The molecular formula is C8H10FN3O3S. The maximum absolute atomic E-state index is 12.5. The normalized spacial score (nSPS) is 11.1. The highest BCUT2D eigenvalue weighted by atomic mass is 32.2. The Balaban J connectivity index is 2.78. The van der Waals surface area contributed by atoms with Gasteiger partial charge in [0.1, 0.15) is 5.82 Å². The molecule has 88 valence electrons. The van der Waals surface area contributed by atoms with E-state index in [-0.39, 0.29) is 4.90 Å². The summed E-state index contributed by atoms with van der Waals surface area (Å²) in [5.74, 6) is 3.56. The number of hydrazine groups is 1. The SMILES string of the molecule is NNC(=O)CNS(=O)(=O)c1ccc(F)cc1. The van der Waals surface area contributed by atoms with Crippen LogP contribution < -0.4 is 16.0 Å². The van der Waals surface area contributed by atoms with Crippen LogP contribution >= 0.6 is 0 Å². The van der Waals surface area contributed by atoms with Gasteiger partial charge in [0.2, 0.25) is 15.9 Å². The smallest absolute Gasteiger partial charge is 0.248 e. The summed E-state index contributed by atoms with van der Waals surface area (Å²) in [6.45, 7) is -0.476. The molecule has 0 radical (unpaired) electrons. The minimum Gasteiger partial charge on any atom is -0.293 e. The van der Waals surface area contributed by atoms with Crippen LogP contribution in [-0.2, 0) is 14.8 Å². The molecule has 0 aliphatic heterocycles. The van der Waals surface area contributed by atoms with E-state index in [2.05, 4.69) is 0 Å². The summed E-state index contributed by atoms with van der Waals surface area (Å²) >= 11 is 0. The fraction of sp³-hybridized carbons (Fsp3) is 0.125. The van der Waals surface area contributed by atoms with E-state index in [0.717, 1.165) is 24.3 Å². The van der Waals surface area contributed by atoms with Crippen LogP contribution in [0.2, 0.25) is 0 Å². The van der Waals surface area contributed by atoms with Crippen LogP contribution in [0.1, 0.15) is 0 Å². The summed E-state index contributed by atoms with van der Waals surface area (Å²) < 4.78 is 37.6. The Labute approximate surface area is 91.7 Å². The number of hydrogen-bond donors (Lipinski definition) is 3. The standard InChI is InChI=1S/C8H10FN3O3S/c9-6-1-3-7(4-2-6)16(14,15)11-5-8(13)12-10/h1-4,11H,5,10H2,(H,12,13). The summed E-state index contributed by atoms with van der Waals surface area (Å²) in [5.41, 5.74) is 1.77. The third-order valence-electron chi connectivity index (χ3n) is 1.71. The number of carbonyl (C=O) groups is 1. The number of benzene rings is 1. The van der Waals surface area contributed by atoms with Gasteiger partial charge in [-0.2, -0.15) is 0 Å². The fourth-order valence-electron chi connectivity index (χ4n) is 0.909. The molecule has 1 aromatic rings. The Bertz CT molecular complexity index is 472. The van der Waals surface area contributed by atoms with Crippen LogP contribution in [0, 0.1) is 5.82 Å². The lowest BCUT2D eigenvalue weighted by Gasteiger charge is -2.05. The van der Waals surface area contributed by atoms with Gasteiger partial charge in [0.15, 0.2) is 0 Å². The lowest BCUT2D eigenvalue weighted by Crippen LogP contribution is -2.40. The van der Waals surface area contributed by atoms with Gasteiger partial charge in [0, 0.05) is 0 Å². The van der Waals surface area contributed by atoms with Gasteiger partial charge in [-0.25, -0.2) is 23.4 Å². The van der Waals surface area contributed by atoms with Crippen molar-refractivity contribution in [2.24, 2.45) is 5.84 Å². The zero-order chi connectivity index (χ0) is 12.2. The number of rotatable bonds is 4. The number of hydrogen-bond acceptors (Lipinski definition) is 4. The summed E-state index contributed by atoms with van der Waals surface area (Å²) in [6.07, 6.45) is 0. The van der Waals surface area contributed by atoms with E-state index in [1.165, 1.54) is 0 Å². The maximum Gasteiger partial charge on any atom is 0.248 e. The van der Waals surface area contributed by atoms with Crippen LogP contribution in [0.4, 0.5) is 4.39 Å². The zero-order valence-corrected chi connectivity index (χ0v) is 8.92. The van der Waals surface area contributed by atoms with E-state index in [0.29, 0.717) is 0 Å². The first-order valence-electron chi connectivity index (χ1n) is 4.20. The first-order chi connectivity index (χ1) is 7.45. The predicted molar refractivity (Wildman–Crippen MR) is 53.9 cm³/mol. The highest BCUT2D eigenvalue weighted by Crippen LogP contribution is 2.08. The molecule has 8 heteroatoms. The molecule has 0 atom stereocenters. The van der Waals surface area contributed by atoms with E-state index < -0.39 is 28.3 Å². The van der Waals surface area contributed by atoms with Crippen LogP contribution in [-0.4, -0.2) is 20.9 Å². The molecule has 16 heavy (non-hydrogen) atoms. The van der Waals surface area contributed by atoms with Crippen LogP contribution in [0.3, 0.4) is 0 Å². The Morgan fingerprint density at radius 3 is 2.38 bits per heavy atom. The van der Waals surface area contributed by atoms with Crippen molar-refractivity contribution in [2.45, 2.75) is 4.90 Å². The number of sulfonamides is 1. The minimum absolute atomic E-state index is 0.126. The summed E-state index contributed by atoms with van der Waals surface area (Å²) in [7, 11) is -3.82. The predicted octanol–water partition coefficient (Wildman–Crippen LogP) is -0.906. The molecule has 0 spiro atoms. The third kappa shape index (κ3) is 3.26. The number of nitrogens with two attached hydrogens (primary N) is 1. The Kier molecular flexibility index (Phi) is 3.93. The zero-order valence-electron chi connectivity index (χ0n) is 8.10. The summed E-state index contributed by atoms with van der Waals surface area (Å²) in [5, 5.41) is 0. The molecule has 6 nitrogen and oxygen atoms in total. The molecule has 1 amide bonds.